The van der Waals surface area contributed by atoms with E-state index in [2.05, 4.69) is 5.32 Å². The molecule has 8 nitrogen and oxygen atoms in total. The summed E-state index contributed by atoms with van der Waals surface area (Å²) in [7, 11) is 1.52. The van der Waals surface area contributed by atoms with Gasteiger partial charge in [0.2, 0.25) is 0 Å². The van der Waals surface area contributed by atoms with E-state index < -0.39 is 42.3 Å². The van der Waals surface area contributed by atoms with Gasteiger partial charge in [-0.25, -0.2) is 0 Å². The van der Waals surface area contributed by atoms with Gasteiger partial charge in [0.25, 0.3) is 5.91 Å². The Balaban J connectivity index is 1.56. The number of carbonyl (C=O) groups is 1. The molecule has 0 radical (unpaired) electrons. The maximum absolute atomic E-state index is 13.0. The Hall–Kier alpha value is -1.42. The lowest BCUT2D eigenvalue weighted by atomic mass is 9.98. The average Bonchev–Trinajstić information content (AvgIpc) is 3.08. The molecule has 0 spiro atoms. The van der Waals surface area contributed by atoms with E-state index in [1.807, 2.05) is 0 Å². The van der Waals surface area contributed by atoms with Crippen molar-refractivity contribution in [1.82, 2.24) is 0 Å². The molecule has 28 heavy (non-hydrogen) atoms. The van der Waals surface area contributed by atoms with Crippen LogP contribution in [0.4, 0.5) is 5.69 Å². The Morgan fingerprint density at radius 2 is 1.68 bits per heavy atom. The number of halogens is 1. The lowest BCUT2D eigenvalue weighted by Gasteiger charge is -2.36. The van der Waals surface area contributed by atoms with Crippen molar-refractivity contribution < 1.29 is 33.2 Å². The molecule has 1 aromatic rings. The highest BCUT2D eigenvalue weighted by atomic mass is 35.5. The van der Waals surface area contributed by atoms with E-state index in [0.717, 1.165) is 0 Å². The number of carbonyl (C=O) groups excluding carboxylic acids is 1. The summed E-state index contributed by atoms with van der Waals surface area (Å²) in [6.45, 7) is 7.16. The van der Waals surface area contributed by atoms with Crippen LogP contribution in [0.15, 0.2) is 18.2 Å². The normalized spacial score (nSPS) is 35.1. The second-order valence-corrected chi connectivity index (χ2v) is 8.34. The predicted octanol–water partition coefficient (Wildman–Crippen LogP) is 2.68. The van der Waals surface area contributed by atoms with E-state index in [1.54, 1.807) is 45.9 Å². The molecule has 0 bridgehead atoms. The molecule has 1 N–H and O–H groups in total. The van der Waals surface area contributed by atoms with E-state index in [0.29, 0.717) is 16.5 Å². The lowest BCUT2D eigenvalue weighted by Crippen LogP contribution is -2.58. The Morgan fingerprint density at radius 3 is 2.36 bits per heavy atom. The van der Waals surface area contributed by atoms with Gasteiger partial charge >= 0.3 is 0 Å². The molecular formula is C19H24ClNO7. The highest BCUT2D eigenvalue weighted by Crippen LogP contribution is 2.44. The molecular weight excluding hydrogens is 390 g/mol. The third kappa shape index (κ3) is 3.60. The fraction of sp³-hybridized carbons (Fsp3) is 0.632. The van der Waals surface area contributed by atoms with Crippen LogP contribution in [-0.2, 0) is 28.5 Å². The first-order chi connectivity index (χ1) is 13.1. The third-order valence-electron chi connectivity index (χ3n) is 4.83. The van der Waals surface area contributed by atoms with Gasteiger partial charge in [-0.05, 0) is 45.9 Å². The maximum Gasteiger partial charge on any atom is 0.256 e. The zero-order valence-corrected chi connectivity index (χ0v) is 17.1. The van der Waals surface area contributed by atoms with Gasteiger partial charge in [-0.1, -0.05) is 11.6 Å². The van der Waals surface area contributed by atoms with Crippen molar-refractivity contribution in [1.29, 1.82) is 0 Å². The molecule has 5 unspecified atom stereocenters. The summed E-state index contributed by atoms with van der Waals surface area (Å²) in [4.78, 5) is 13.0. The van der Waals surface area contributed by atoms with Gasteiger partial charge in [-0.2, -0.15) is 0 Å². The first-order valence-corrected chi connectivity index (χ1v) is 9.47. The number of amides is 1. The first-order valence-electron chi connectivity index (χ1n) is 9.10. The average molecular weight is 414 g/mol. The molecule has 0 aliphatic carbocycles. The fourth-order valence-corrected chi connectivity index (χ4v) is 4.04. The maximum atomic E-state index is 13.0. The minimum absolute atomic E-state index is 0.385. The topological polar surface area (TPSA) is 84.5 Å². The minimum atomic E-state index is -0.939. The molecule has 3 fully saturated rings. The number of anilines is 1. The molecule has 3 heterocycles. The second kappa shape index (κ2) is 6.83. The molecule has 4 rings (SSSR count). The van der Waals surface area contributed by atoms with Crippen molar-refractivity contribution in [3.63, 3.8) is 0 Å². The number of ether oxygens (including phenoxy) is 6. The standard InChI is InChI=1S/C19H24ClNO7/c1-18(2)25-12-13(26-18)15-17(28-19(3,4)27-15)24-14(12)16(22)21-9-6-7-11(23-5)10(20)8-9/h6-8,12-15,17H,1-5H3,(H,21,22). The van der Waals surface area contributed by atoms with E-state index in [1.165, 1.54) is 7.11 Å². The van der Waals surface area contributed by atoms with Gasteiger partial charge in [0.1, 0.15) is 24.1 Å². The van der Waals surface area contributed by atoms with E-state index in [-0.39, 0.29) is 5.91 Å². The van der Waals surface area contributed by atoms with Crippen LogP contribution in [-0.4, -0.2) is 55.3 Å². The molecule has 0 saturated carbocycles. The number of nitrogens with one attached hydrogen (secondary N) is 1. The van der Waals surface area contributed by atoms with Gasteiger partial charge in [-0.15, -0.1) is 0 Å². The molecule has 154 valence electrons. The van der Waals surface area contributed by atoms with Crippen LogP contribution in [0.25, 0.3) is 0 Å². The highest BCUT2D eigenvalue weighted by molar-refractivity contribution is 6.32. The lowest BCUT2D eigenvalue weighted by molar-refractivity contribution is -0.229. The van der Waals surface area contributed by atoms with Crippen molar-refractivity contribution in [2.45, 2.75) is 70.0 Å². The van der Waals surface area contributed by atoms with Crippen LogP contribution in [0.2, 0.25) is 5.02 Å². The largest absolute Gasteiger partial charge is 0.495 e. The molecule has 0 aromatic heterocycles. The number of benzene rings is 1. The number of fused-ring (bicyclic) bond motifs is 3. The molecule has 3 aliphatic heterocycles. The molecule has 1 aromatic carbocycles. The number of methoxy groups -OCH3 is 1. The van der Waals surface area contributed by atoms with Crippen molar-refractivity contribution in [3.8, 4) is 5.75 Å². The Morgan fingerprint density at radius 1 is 1.04 bits per heavy atom. The molecule has 3 aliphatic rings. The van der Waals surface area contributed by atoms with Crippen molar-refractivity contribution in [2.75, 3.05) is 12.4 Å². The molecule has 5 atom stereocenters. The minimum Gasteiger partial charge on any atom is -0.495 e. The highest BCUT2D eigenvalue weighted by Gasteiger charge is 2.62. The first kappa shape index (κ1) is 19.9. The third-order valence-corrected chi connectivity index (χ3v) is 5.13. The summed E-state index contributed by atoms with van der Waals surface area (Å²) in [6, 6.07) is 4.98. The van der Waals surface area contributed by atoms with Crippen molar-refractivity contribution in [2.24, 2.45) is 0 Å². The van der Waals surface area contributed by atoms with E-state index in [9.17, 15) is 4.79 Å². The second-order valence-electron chi connectivity index (χ2n) is 7.93. The molecule has 9 heteroatoms. The summed E-state index contributed by atoms with van der Waals surface area (Å²) in [5.41, 5.74) is 0.514. The number of hydrogen-bond donors (Lipinski definition) is 1. The summed E-state index contributed by atoms with van der Waals surface area (Å²) in [5, 5.41) is 3.20. The summed E-state index contributed by atoms with van der Waals surface area (Å²) >= 11 is 6.14. The Kier molecular flexibility index (Phi) is 4.85. The zero-order valence-electron chi connectivity index (χ0n) is 16.4. The van der Waals surface area contributed by atoms with Gasteiger partial charge in [-0.3, -0.25) is 4.79 Å². The number of hydrogen-bond acceptors (Lipinski definition) is 7. The summed E-state index contributed by atoms with van der Waals surface area (Å²) < 4.78 is 34.8. The summed E-state index contributed by atoms with van der Waals surface area (Å²) in [6.07, 6.45) is -3.29. The van der Waals surface area contributed by atoms with E-state index in [4.69, 9.17) is 40.0 Å². The summed E-state index contributed by atoms with van der Waals surface area (Å²) in [5.74, 6) is -1.58. The quantitative estimate of drug-likeness (QED) is 0.815. The molecule has 3 saturated heterocycles. The Bertz CT molecular complexity index is 784. The van der Waals surface area contributed by atoms with Crippen LogP contribution in [0, 0.1) is 0 Å². The number of rotatable bonds is 3. The van der Waals surface area contributed by atoms with E-state index >= 15 is 0 Å². The van der Waals surface area contributed by atoms with Crippen LogP contribution >= 0.6 is 11.6 Å². The van der Waals surface area contributed by atoms with Crippen LogP contribution in [0.3, 0.4) is 0 Å². The SMILES string of the molecule is COc1ccc(NC(=O)C2OC3OC(C)(C)OC3C3OC(C)(C)OC23)cc1Cl. The smallest absolute Gasteiger partial charge is 0.256 e. The van der Waals surface area contributed by atoms with Crippen LogP contribution in [0.5, 0.6) is 5.75 Å². The predicted molar refractivity (Wildman–Crippen MR) is 99.2 cm³/mol. The zero-order chi connectivity index (χ0) is 20.3. The van der Waals surface area contributed by atoms with Gasteiger partial charge in [0, 0.05) is 5.69 Å². The van der Waals surface area contributed by atoms with Gasteiger partial charge < -0.3 is 33.7 Å². The van der Waals surface area contributed by atoms with Gasteiger partial charge in [0.15, 0.2) is 24.0 Å². The van der Waals surface area contributed by atoms with Crippen molar-refractivity contribution in [3.05, 3.63) is 23.2 Å². The van der Waals surface area contributed by atoms with Crippen LogP contribution < -0.4 is 10.1 Å². The van der Waals surface area contributed by atoms with Gasteiger partial charge in [0.05, 0.1) is 12.1 Å². The Labute approximate surface area is 168 Å². The monoisotopic (exact) mass is 413 g/mol. The van der Waals surface area contributed by atoms with Crippen LogP contribution in [0.1, 0.15) is 27.7 Å². The fourth-order valence-electron chi connectivity index (χ4n) is 3.78. The van der Waals surface area contributed by atoms with Crippen molar-refractivity contribution >= 4 is 23.2 Å². The molecule has 1 amide bonds.